The van der Waals surface area contributed by atoms with Crippen LogP contribution in [-0.4, -0.2) is 29.0 Å². The van der Waals surface area contributed by atoms with Gasteiger partial charge in [-0.2, -0.15) is 0 Å². The third kappa shape index (κ3) is 8.51. The molecule has 2 N–H and O–H groups in total. The predicted molar refractivity (Wildman–Crippen MR) is 61.6 cm³/mol. The summed E-state index contributed by atoms with van der Waals surface area (Å²) in [5.74, 6) is 0.122. The van der Waals surface area contributed by atoms with Crippen LogP contribution in [-0.2, 0) is 4.79 Å². The van der Waals surface area contributed by atoms with Crippen molar-refractivity contribution in [2.45, 2.75) is 45.1 Å². The lowest BCUT2D eigenvalue weighted by Gasteiger charge is -2.12. The van der Waals surface area contributed by atoms with Crippen LogP contribution in [0.5, 0.6) is 0 Å². The lowest BCUT2D eigenvalue weighted by Crippen LogP contribution is -2.32. The van der Waals surface area contributed by atoms with Crippen molar-refractivity contribution in [2.24, 2.45) is 0 Å². The minimum Gasteiger partial charge on any atom is -0.396 e. The first-order valence-electron chi connectivity index (χ1n) is 5.17. The Bertz CT molecular complexity index is 153. The second-order valence-electron chi connectivity index (χ2n) is 3.48. The molecular formula is C10H20BrNO2. The number of alkyl halides is 1. The molecule has 0 spiro atoms. The lowest BCUT2D eigenvalue weighted by atomic mass is 10.1. The first-order valence-corrected chi connectivity index (χ1v) is 6.29. The number of halogens is 1. The van der Waals surface area contributed by atoms with E-state index in [2.05, 4.69) is 21.2 Å². The van der Waals surface area contributed by atoms with Crippen LogP contribution in [0.25, 0.3) is 0 Å². The molecule has 0 heterocycles. The highest BCUT2D eigenvalue weighted by atomic mass is 79.9. The highest BCUT2D eigenvalue weighted by molar-refractivity contribution is 9.09. The monoisotopic (exact) mass is 265 g/mol. The van der Waals surface area contributed by atoms with Gasteiger partial charge in [0.05, 0.1) is 0 Å². The molecule has 1 unspecified atom stereocenters. The molecular weight excluding hydrogens is 246 g/mol. The number of carbonyl (C=O) groups excluding carboxylic acids is 1. The van der Waals surface area contributed by atoms with Gasteiger partial charge in [-0.15, -0.1) is 0 Å². The van der Waals surface area contributed by atoms with Crippen LogP contribution in [0.2, 0.25) is 0 Å². The predicted octanol–water partition coefficient (Wildman–Crippen LogP) is 1.83. The molecule has 3 nitrogen and oxygen atoms in total. The van der Waals surface area contributed by atoms with E-state index in [-0.39, 0.29) is 18.6 Å². The van der Waals surface area contributed by atoms with E-state index in [0.29, 0.717) is 6.42 Å². The molecule has 0 saturated carbocycles. The van der Waals surface area contributed by atoms with Crippen LogP contribution in [0, 0.1) is 0 Å². The Morgan fingerprint density at radius 2 is 2.14 bits per heavy atom. The molecule has 0 saturated heterocycles. The summed E-state index contributed by atoms with van der Waals surface area (Å²) in [5.41, 5.74) is 0. The summed E-state index contributed by atoms with van der Waals surface area (Å²) in [5, 5.41) is 12.5. The lowest BCUT2D eigenvalue weighted by molar-refractivity contribution is -0.121. The fraction of sp³-hybridized carbons (Fsp3) is 0.900. The summed E-state index contributed by atoms with van der Waals surface area (Å²) in [6, 6.07) is 0.179. The molecule has 0 aliphatic rings. The maximum absolute atomic E-state index is 11.3. The molecule has 84 valence electrons. The van der Waals surface area contributed by atoms with Crippen molar-refractivity contribution in [2.75, 3.05) is 11.9 Å². The standard InChI is InChI=1S/C10H20BrNO2/c1-9(5-4-8-13)12-10(14)6-2-3-7-11/h9,13H,2-8H2,1H3,(H,12,14). The number of nitrogens with one attached hydrogen (secondary N) is 1. The molecule has 0 fully saturated rings. The van der Waals surface area contributed by atoms with E-state index in [1.807, 2.05) is 6.92 Å². The van der Waals surface area contributed by atoms with Gasteiger partial charge in [-0.05, 0) is 32.6 Å². The van der Waals surface area contributed by atoms with Gasteiger partial charge in [-0.1, -0.05) is 15.9 Å². The van der Waals surface area contributed by atoms with Gasteiger partial charge >= 0.3 is 0 Å². The molecule has 0 aliphatic carbocycles. The number of hydrogen-bond donors (Lipinski definition) is 2. The molecule has 4 heteroatoms. The Hall–Kier alpha value is -0.0900. The van der Waals surface area contributed by atoms with Crippen molar-refractivity contribution in [3.63, 3.8) is 0 Å². The number of amides is 1. The summed E-state index contributed by atoms with van der Waals surface area (Å²) in [4.78, 5) is 11.3. The van der Waals surface area contributed by atoms with Crippen molar-refractivity contribution < 1.29 is 9.90 Å². The summed E-state index contributed by atoms with van der Waals surface area (Å²) in [6.07, 6.45) is 4.18. The van der Waals surface area contributed by atoms with Crippen LogP contribution < -0.4 is 5.32 Å². The SMILES string of the molecule is CC(CCCO)NC(=O)CCCCBr. The number of aliphatic hydroxyl groups is 1. The van der Waals surface area contributed by atoms with Crippen molar-refractivity contribution in [1.29, 1.82) is 0 Å². The van der Waals surface area contributed by atoms with E-state index in [1.54, 1.807) is 0 Å². The molecule has 0 bridgehead atoms. The molecule has 0 aromatic carbocycles. The summed E-state index contributed by atoms with van der Waals surface area (Å²) in [6.45, 7) is 2.17. The van der Waals surface area contributed by atoms with E-state index >= 15 is 0 Å². The maximum Gasteiger partial charge on any atom is 0.220 e. The molecule has 0 radical (unpaired) electrons. The highest BCUT2D eigenvalue weighted by Gasteiger charge is 2.05. The number of rotatable bonds is 8. The van der Waals surface area contributed by atoms with Crippen LogP contribution in [0.3, 0.4) is 0 Å². The van der Waals surface area contributed by atoms with E-state index in [4.69, 9.17) is 5.11 Å². The average Bonchev–Trinajstić information content (AvgIpc) is 2.15. The van der Waals surface area contributed by atoms with Gasteiger partial charge in [-0.25, -0.2) is 0 Å². The first kappa shape index (κ1) is 13.9. The number of hydrogen-bond acceptors (Lipinski definition) is 2. The second-order valence-corrected chi connectivity index (χ2v) is 4.27. The highest BCUT2D eigenvalue weighted by Crippen LogP contribution is 2.00. The molecule has 0 aromatic rings. The van der Waals surface area contributed by atoms with E-state index in [0.717, 1.165) is 31.0 Å². The maximum atomic E-state index is 11.3. The van der Waals surface area contributed by atoms with E-state index in [1.165, 1.54) is 0 Å². The number of carbonyl (C=O) groups is 1. The minimum atomic E-state index is 0.122. The van der Waals surface area contributed by atoms with E-state index < -0.39 is 0 Å². The zero-order valence-electron chi connectivity index (χ0n) is 8.76. The second kappa shape index (κ2) is 9.46. The molecule has 0 aromatic heterocycles. The van der Waals surface area contributed by atoms with Gasteiger partial charge in [0, 0.05) is 24.4 Å². The van der Waals surface area contributed by atoms with Gasteiger partial charge in [-0.3, -0.25) is 4.79 Å². The van der Waals surface area contributed by atoms with Crippen LogP contribution >= 0.6 is 15.9 Å². The first-order chi connectivity index (χ1) is 6.70. The quantitative estimate of drug-likeness (QED) is 0.520. The van der Waals surface area contributed by atoms with Gasteiger partial charge in [0.25, 0.3) is 0 Å². The Kier molecular flexibility index (Phi) is 9.40. The summed E-state index contributed by atoms with van der Waals surface area (Å²) in [7, 11) is 0. The summed E-state index contributed by atoms with van der Waals surface area (Å²) < 4.78 is 0. The van der Waals surface area contributed by atoms with Gasteiger partial charge < -0.3 is 10.4 Å². The molecule has 14 heavy (non-hydrogen) atoms. The fourth-order valence-corrected chi connectivity index (χ4v) is 1.59. The third-order valence-electron chi connectivity index (χ3n) is 1.99. The van der Waals surface area contributed by atoms with Gasteiger partial charge in [0.2, 0.25) is 5.91 Å². The van der Waals surface area contributed by atoms with Crippen LogP contribution in [0.4, 0.5) is 0 Å². The Labute approximate surface area is 94.4 Å². The normalized spacial score (nSPS) is 12.5. The fourth-order valence-electron chi connectivity index (χ4n) is 1.20. The smallest absolute Gasteiger partial charge is 0.220 e. The Morgan fingerprint density at radius 1 is 1.43 bits per heavy atom. The summed E-state index contributed by atoms with van der Waals surface area (Å²) >= 11 is 3.33. The average molecular weight is 266 g/mol. The number of unbranched alkanes of at least 4 members (excludes halogenated alkanes) is 1. The zero-order valence-corrected chi connectivity index (χ0v) is 10.3. The van der Waals surface area contributed by atoms with Crippen molar-refractivity contribution in [3.05, 3.63) is 0 Å². The Morgan fingerprint density at radius 3 is 2.71 bits per heavy atom. The van der Waals surface area contributed by atoms with E-state index in [9.17, 15) is 4.79 Å². The van der Waals surface area contributed by atoms with Crippen molar-refractivity contribution >= 4 is 21.8 Å². The van der Waals surface area contributed by atoms with Gasteiger partial charge in [0.1, 0.15) is 0 Å². The Balaban J connectivity index is 3.40. The van der Waals surface area contributed by atoms with Crippen molar-refractivity contribution in [1.82, 2.24) is 5.32 Å². The minimum absolute atomic E-state index is 0.122. The molecule has 0 rings (SSSR count). The largest absolute Gasteiger partial charge is 0.396 e. The molecule has 0 aliphatic heterocycles. The molecule has 1 amide bonds. The third-order valence-corrected chi connectivity index (χ3v) is 2.55. The topological polar surface area (TPSA) is 49.3 Å². The molecule has 1 atom stereocenters. The van der Waals surface area contributed by atoms with Crippen LogP contribution in [0.15, 0.2) is 0 Å². The van der Waals surface area contributed by atoms with Crippen molar-refractivity contribution in [3.8, 4) is 0 Å². The van der Waals surface area contributed by atoms with Gasteiger partial charge in [0.15, 0.2) is 0 Å². The van der Waals surface area contributed by atoms with Crippen LogP contribution in [0.1, 0.15) is 39.0 Å². The number of aliphatic hydroxyl groups excluding tert-OH is 1. The zero-order chi connectivity index (χ0) is 10.8.